The molecule has 0 aromatic rings. The quantitative estimate of drug-likeness (QED) is 0.801. The topological polar surface area (TPSA) is 35.6 Å². The number of carbonyl (C=O) groups is 1. The molecule has 0 spiro atoms. The summed E-state index contributed by atoms with van der Waals surface area (Å²) in [5, 5.41) is 3.32. The number of hydrogen-bond acceptors (Lipinski definition) is 3. The van der Waals surface area contributed by atoms with Crippen LogP contribution in [0.3, 0.4) is 0 Å². The molecule has 0 aromatic heterocycles. The largest absolute Gasteiger partial charge is 0.326 e. The Balaban J connectivity index is 1.76. The molecule has 1 unspecified atom stereocenters. The fourth-order valence-electron chi connectivity index (χ4n) is 3.07. The fraction of sp³-hybridized carbons (Fsp3) is 0.929. The summed E-state index contributed by atoms with van der Waals surface area (Å²) in [5.74, 6) is 1.11. The molecule has 18 heavy (non-hydrogen) atoms. The van der Waals surface area contributed by atoms with Gasteiger partial charge >= 0.3 is 0 Å². The van der Waals surface area contributed by atoms with E-state index in [0.717, 1.165) is 25.3 Å². The van der Waals surface area contributed by atoms with E-state index >= 15 is 0 Å². The maximum atomic E-state index is 11.8. The summed E-state index contributed by atoms with van der Waals surface area (Å²) in [7, 11) is 2.20. The van der Waals surface area contributed by atoms with Crippen molar-refractivity contribution in [2.45, 2.75) is 45.2 Å². The highest BCUT2D eigenvalue weighted by Crippen LogP contribution is 2.21. The Morgan fingerprint density at radius 2 is 2.00 bits per heavy atom. The SMILES string of the molecule is CCCC1NCC(=O)N1CCC1CCN(C)CC1. The molecule has 1 amide bonds. The van der Waals surface area contributed by atoms with Gasteiger partial charge in [0.15, 0.2) is 0 Å². The first kappa shape index (κ1) is 13.8. The normalized spacial score (nSPS) is 27.1. The molecule has 4 heteroatoms. The van der Waals surface area contributed by atoms with Crippen molar-refractivity contribution in [3.63, 3.8) is 0 Å². The Morgan fingerprint density at radius 1 is 1.28 bits per heavy atom. The van der Waals surface area contributed by atoms with Crippen LogP contribution in [-0.2, 0) is 4.79 Å². The maximum absolute atomic E-state index is 11.8. The highest BCUT2D eigenvalue weighted by Gasteiger charge is 2.30. The molecule has 4 nitrogen and oxygen atoms in total. The zero-order valence-electron chi connectivity index (χ0n) is 11.8. The van der Waals surface area contributed by atoms with Crippen molar-refractivity contribution in [1.82, 2.24) is 15.1 Å². The summed E-state index contributed by atoms with van der Waals surface area (Å²) in [6.07, 6.45) is 6.29. The zero-order valence-corrected chi connectivity index (χ0v) is 11.8. The minimum absolute atomic E-state index is 0.293. The molecule has 0 radical (unpaired) electrons. The van der Waals surface area contributed by atoms with Crippen LogP contribution < -0.4 is 5.32 Å². The predicted octanol–water partition coefficient (Wildman–Crippen LogP) is 1.28. The highest BCUT2D eigenvalue weighted by atomic mass is 16.2. The van der Waals surface area contributed by atoms with Gasteiger partial charge in [0, 0.05) is 6.54 Å². The molecule has 2 heterocycles. The van der Waals surface area contributed by atoms with Gasteiger partial charge in [-0.05, 0) is 51.7 Å². The standard InChI is InChI=1S/C14H27N3O/c1-3-4-13-15-11-14(18)17(13)10-7-12-5-8-16(2)9-6-12/h12-13,15H,3-11H2,1-2H3. The average molecular weight is 253 g/mol. The van der Waals surface area contributed by atoms with E-state index < -0.39 is 0 Å². The van der Waals surface area contributed by atoms with Crippen LogP contribution in [0.15, 0.2) is 0 Å². The molecule has 2 aliphatic heterocycles. The van der Waals surface area contributed by atoms with E-state index in [2.05, 4.69) is 29.1 Å². The molecule has 1 N–H and O–H groups in total. The van der Waals surface area contributed by atoms with Crippen molar-refractivity contribution < 1.29 is 4.79 Å². The van der Waals surface area contributed by atoms with Gasteiger partial charge in [-0.25, -0.2) is 0 Å². The molecule has 2 rings (SSSR count). The molecule has 0 saturated carbocycles. The maximum Gasteiger partial charge on any atom is 0.237 e. The van der Waals surface area contributed by atoms with E-state index in [1.807, 2.05) is 0 Å². The van der Waals surface area contributed by atoms with Crippen molar-refractivity contribution in [3.8, 4) is 0 Å². The first-order valence-electron chi connectivity index (χ1n) is 7.42. The van der Waals surface area contributed by atoms with Gasteiger partial charge in [-0.15, -0.1) is 0 Å². The molecule has 2 aliphatic rings. The van der Waals surface area contributed by atoms with Crippen LogP contribution in [0.5, 0.6) is 0 Å². The Labute approximate surface area is 111 Å². The second kappa shape index (κ2) is 6.53. The van der Waals surface area contributed by atoms with Crippen molar-refractivity contribution in [3.05, 3.63) is 0 Å². The van der Waals surface area contributed by atoms with Crippen LogP contribution in [0.4, 0.5) is 0 Å². The molecule has 1 atom stereocenters. The van der Waals surface area contributed by atoms with Crippen LogP contribution in [0, 0.1) is 5.92 Å². The highest BCUT2D eigenvalue weighted by molar-refractivity contribution is 5.80. The van der Waals surface area contributed by atoms with Crippen molar-refractivity contribution in [2.75, 3.05) is 33.2 Å². The third-order valence-corrected chi connectivity index (χ3v) is 4.36. The molecule has 2 fully saturated rings. The van der Waals surface area contributed by atoms with Crippen LogP contribution in [0.1, 0.15) is 39.0 Å². The monoisotopic (exact) mass is 253 g/mol. The van der Waals surface area contributed by atoms with Gasteiger partial charge in [0.1, 0.15) is 0 Å². The molecule has 0 aromatic carbocycles. The summed E-state index contributed by atoms with van der Waals surface area (Å²) in [6.45, 7) is 6.10. The minimum Gasteiger partial charge on any atom is -0.326 e. The lowest BCUT2D eigenvalue weighted by atomic mass is 9.93. The number of likely N-dealkylation sites (tertiary alicyclic amines) is 1. The van der Waals surface area contributed by atoms with Crippen molar-refractivity contribution >= 4 is 5.91 Å². The summed E-state index contributed by atoms with van der Waals surface area (Å²) >= 11 is 0. The summed E-state index contributed by atoms with van der Waals surface area (Å²) in [4.78, 5) is 16.3. The summed E-state index contributed by atoms with van der Waals surface area (Å²) < 4.78 is 0. The number of nitrogens with one attached hydrogen (secondary N) is 1. The molecule has 0 bridgehead atoms. The summed E-state index contributed by atoms with van der Waals surface area (Å²) in [6, 6.07) is 0. The van der Waals surface area contributed by atoms with E-state index in [-0.39, 0.29) is 0 Å². The Hall–Kier alpha value is -0.610. The van der Waals surface area contributed by atoms with Crippen LogP contribution in [0.2, 0.25) is 0 Å². The lowest BCUT2D eigenvalue weighted by Crippen LogP contribution is -2.39. The van der Waals surface area contributed by atoms with Gasteiger partial charge in [0.05, 0.1) is 12.7 Å². The van der Waals surface area contributed by atoms with Crippen molar-refractivity contribution in [2.24, 2.45) is 5.92 Å². The molecule has 2 saturated heterocycles. The second-order valence-electron chi connectivity index (χ2n) is 5.81. The van der Waals surface area contributed by atoms with Gasteiger partial charge in [-0.2, -0.15) is 0 Å². The van der Waals surface area contributed by atoms with Gasteiger partial charge in [0.2, 0.25) is 5.91 Å². The number of piperidine rings is 1. The average Bonchev–Trinajstić information content (AvgIpc) is 2.71. The smallest absolute Gasteiger partial charge is 0.237 e. The van der Waals surface area contributed by atoms with E-state index in [0.29, 0.717) is 18.6 Å². The number of nitrogens with zero attached hydrogens (tertiary/aromatic N) is 2. The van der Waals surface area contributed by atoms with Gasteiger partial charge in [0.25, 0.3) is 0 Å². The number of amides is 1. The van der Waals surface area contributed by atoms with Gasteiger partial charge in [-0.3, -0.25) is 10.1 Å². The third-order valence-electron chi connectivity index (χ3n) is 4.36. The minimum atomic E-state index is 0.293. The molecule has 104 valence electrons. The molecular formula is C14H27N3O. The van der Waals surface area contributed by atoms with E-state index in [4.69, 9.17) is 0 Å². The van der Waals surface area contributed by atoms with Crippen LogP contribution >= 0.6 is 0 Å². The molecule has 0 aliphatic carbocycles. The lowest BCUT2D eigenvalue weighted by molar-refractivity contribution is -0.128. The molecular weight excluding hydrogens is 226 g/mol. The zero-order chi connectivity index (χ0) is 13.0. The Bertz CT molecular complexity index is 274. The third kappa shape index (κ3) is 3.45. The van der Waals surface area contributed by atoms with E-state index in [1.165, 1.54) is 32.4 Å². The lowest BCUT2D eigenvalue weighted by Gasteiger charge is -2.31. The first-order chi connectivity index (χ1) is 8.70. The number of hydrogen-bond donors (Lipinski definition) is 1. The Kier molecular flexibility index (Phi) is 5.01. The van der Waals surface area contributed by atoms with E-state index in [1.54, 1.807) is 0 Å². The number of rotatable bonds is 5. The first-order valence-corrected chi connectivity index (χ1v) is 7.42. The van der Waals surface area contributed by atoms with Gasteiger partial charge in [-0.1, -0.05) is 13.3 Å². The van der Waals surface area contributed by atoms with Gasteiger partial charge < -0.3 is 9.80 Å². The predicted molar refractivity (Wildman–Crippen MR) is 73.2 cm³/mol. The fourth-order valence-corrected chi connectivity index (χ4v) is 3.07. The second-order valence-corrected chi connectivity index (χ2v) is 5.81. The summed E-state index contributed by atoms with van der Waals surface area (Å²) in [5.41, 5.74) is 0. The van der Waals surface area contributed by atoms with Crippen molar-refractivity contribution in [1.29, 1.82) is 0 Å². The number of carbonyl (C=O) groups excluding carboxylic acids is 1. The van der Waals surface area contributed by atoms with Crippen LogP contribution in [0.25, 0.3) is 0 Å². The van der Waals surface area contributed by atoms with Crippen LogP contribution in [-0.4, -0.2) is 55.1 Å². The van der Waals surface area contributed by atoms with E-state index in [9.17, 15) is 4.79 Å². The Morgan fingerprint density at radius 3 is 2.67 bits per heavy atom.